The van der Waals surface area contributed by atoms with Gasteiger partial charge in [-0.25, -0.2) is 4.79 Å². The van der Waals surface area contributed by atoms with Gasteiger partial charge in [0.1, 0.15) is 5.54 Å². The Balaban J connectivity index is 1.86. The molecule has 7 heteroatoms. The first-order valence-electron chi connectivity index (χ1n) is 7.41. The van der Waals surface area contributed by atoms with Crippen LogP contribution in [-0.4, -0.2) is 17.8 Å². The number of carbonyl (C=O) groups excluding carboxylic acids is 3. The third-order valence-electron chi connectivity index (χ3n) is 4.27. The highest BCUT2D eigenvalue weighted by Crippen LogP contribution is 2.27. The maximum Gasteiger partial charge on any atom is 0.322 e. The molecule has 3 rings (SSSR count). The minimum Gasteiger partial charge on any atom is -0.322 e. The smallest absolute Gasteiger partial charge is 0.322 e. The molecule has 2 heterocycles. The molecule has 1 aliphatic heterocycles. The molecule has 1 aliphatic rings. The van der Waals surface area contributed by atoms with E-state index in [2.05, 4.69) is 16.0 Å². The topological polar surface area (TPSA) is 87.3 Å². The Morgan fingerprint density at radius 3 is 2.58 bits per heavy atom. The van der Waals surface area contributed by atoms with Gasteiger partial charge in [0.2, 0.25) is 0 Å². The predicted molar refractivity (Wildman–Crippen MR) is 92.2 cm³/mol. The van der Waals surface area contributed by atoms with Crippen molar-refractivity contribution in [2.45, 2.75) is 26.3 Å². The molecule has 0 spiro atoms. The summed E-state index contributed by atoms with van der Waals surface area (Å²) in [6.07, 6.45) is 0. The minimum atomic E-state index is -1.15. The summed E-state index contributed by atoms with van der Waals surface area (Å²) in [5, 5.41) is 9.51. The van der Waals surface area contributed by atoms with Gasteiger partial charge < -0.3 is 10.6 Å². The molecule has 1 fully saturated rings. The molecular formula is C17H17N3O3S. The molecule has 0 aliphatic carbocycles. The van der Waals surface area contributed by atoms with Crippen LogP contribution >= 0.6 is 11.3 Å². The van der Waals surface area contributed by atoms with Gasteiger partial charge in [-0.3, -0.25) is 14.9 Å². The van der Waals surface area contributed by atoms with Crippen LogP contribution in [0.2, 0.25) is 0 Å². The number of hydrogen-bond donors (Lipinski definition) is 3. The number of rotatable bonds is 3. The van der Waals surface area contributed by atoms with Crippen molar-refractivity contribution in [3.05, 3.63) is 51.2 Å². The third kappa shape index (κ3) is 2.67. The van der Waals surface area contributed by atoms with Crippen molar-refractivity contribution < 1.29 is 14.4 Å². The Labute approximate surface area is 143 Å². The number of carbonyl (C=O) groups is 3. The lowest BCUT2D eigenvalue weighted by Gasteiger charge is -2.21. The van der Waals surface area contributed by atoms with Gasteiger partial charge in [-0.05, 0) is 44.0 Å². The lowest BCUT2D eigenvalue weighted by molar-refractivity contribution is -0.123. The standard InChI is InChI=1S/C17H17N3O3S/c1-9-10(2)24-8-13(9)14(21)18-12-6-4-5-11(7-12)17(3)15(22)19-16(23)20-17/h4-8H,1-3H3,(H,18,21)(H2,19,20,22,23)/t17-/m1/s1. The van der Waals surface area contributed by atoms with Gasteiger partial charge in [-0.2, -0.15) is 0 Å². The van der Waals surface area contributed by atoms with Crippen LogP contribution in [0.4, 0.5) is 10.5 Å². The van der Waals surface area contributed by atoms with Gasteiger partial charge in [0.25, 0.3) is 11.8 Å². The zero-order chi connectivity index (χ0) is 17.5. The molecule has 124 valence electrons. The molecule has 24 heavy (non-hydrogen) atoms. The molecule has 1 aromatic heterocycles. The number of aryl methyl sites for hydroxylation is 1. The summed E-state index contributed by atoms with van der Waals surface area (Å²) < 4.78 is 0. The van der Waals surface area contributed by atoms with Crippen molar-refractivity contribution in [2.75, 3.05) is 5.32 Å². The SMILES string of the molecule is Cc1scc(C(=O)Nc2cccc([C@@]3(C)NC(=O)NC3=O)c2)c1C. The highest BCUT2D eigenvalue weighted by atomic mass is 32.1. The number of benzene rings is 1. The number of anilines is 1. The molecule has 6 nitrogen and oxygen atoms in total. The van der Waals surface area contributed by atoms with Crippen LogP contribution < -0.4 is 16.0 Å². The van der Waals surface area contributed by atoms with Crippen molar-refractivity contribution in [3.8, 4) is 0 Å². The van der Waals surface area contributed by atoms with Crippen LogP contribution in [0, 0.1) is 13.8 Å². The average molecular weight is 343 g/mol. The maximum absolute atomic E-state index is 12.4. The first kappa shape index (κ1) is 16.2. The first-order chi connectivity index (χ1) is 11.3. The van der Waals surface area contributed by atoms with Crippen molar-refractivity contribution >= 4 is 34.9 Å². The van der Waals surface area contributed by atoms with Gasteiger partial charge in [0.05, 0.1) is 5.56 Å². The van der Waals surface area contributed by atoms with Crippen molar-refractivity contribution in [1.29, 1.82) is 0 Å². The number of imide groups is 1. The normalized spacial score (nSPS) is 19.8. The monoisotopic (exact) mass is 343 g/mol. The Kier molecular flexibility index (Phi) is 3.88. The third-order valence-corrected chi connectivity index (χ3v) is 5.29. The molecule has 1 saturated heterocycles. The lowest BCUT2D eigenvalue weighted by atomic mass is 9.92. The van der Waals surface area contributed by atoms with E-state index in [1.165, 1.54) is 11.3 Å². The number of urea groups is 1. The second-order valence-electron chi connectivity index (χ2n) is 5.90. The summed E-state index contributed by atoms with van der Waals surface area (Å²) in [6.45, 7) is 5.51. The van der Waals surface area contributed by atoms with Crippen LogP contribution in [0.1, 0.15) is 33.3 Å². The Bertz CT molecular complexity index is 859. The summed E-state index contributed by atoms with van der Waals surface area (Å²) >= 11 is 1.53. The van der Waals surface area contributed by atoms with E-state index in [1.807, 2.05) is 19.2 Å². The number of thiophene rings is 1. The fourth-order valence-electron chi connectivity index (χ4n) is 2.59. The van der Waals surface area contributed by atoms with E-state index in [-0.39, 0.29) is 5.91 Å². The molecule has 1 atom stereocenters. The molecule has 4 amide bonds. The second kappa shape index (κ2) is 5.76. The van der Waals surface area contributed by atoms with Crippen LogP contribution in [0.5, 0.6) is 0 Å². The fraction of sp³-hybridized carbons (Fsp3) is 0.235. The largest absolute Gasteiger partial charge is 0.322 e. The van der Waals surface area contributed by atoms with Crippen molar-refractivity contribution in [3.63, 3.8) is 0 Å². The average Bonchev–Trinajstić information content (AvgIpc) is 3.00. The predicted octanol–water partition coefficient (Wildman–Crippen LogP) is 2.67. The molecule has 3 N–H and O–H groups in total. The summed E-state index contributed by atoms with van der Waals surface area (Å²) in [7, 11) is 0. The molecule has 0 bridgehead atoms. The molecule has 0 saturated carbocycles. The molecule has 0 unspecified atom stereocenters. The van der Waals surface area contributed by atoms with Gasteiger partial charge in [-0.15, -0.1) is 11.3 Å². The van der Waals surface area contributed by atoms with E-state index < -0.39 is 17.5 Å². The summed E-state index contributed by atoms with van der Waals surface area (Å²) in [5.41, 5.74) is 1.62. The zero-order valence-electron chi connectivity index (χ0n) is 13.5. The highest BCUT2D eigenvalue weighted by molar-refractivity contribution is 7.10. The number of amides is 4. The van der Waals surface area contributed by atoms with Gasteiger partial charge in [-0.1, -0.05) is 12.1 Å². The quantitative estimate of drug-likeness (QED) is 0.749. The molecule has 2 aromatic rings. The summed E-state index contributed by atoms with van der Waals surface area (Å²) in [6, 6.07) is 6.38. The van der Waals surface area contributed by atoms with Crippen LogP contribution in [0.3, 0.4) is 0 Å². The molecule has 0 radical (unpaired) electrons. The van der Waals surface area contributed by atoms with Crippen molar-refractivity contribution in [1.82, 2.24) is 10.6 Å². The van der Waals surface area contributed by atoms with Crippen LogP contribution in [0.25, 0.3) is 0 Å². The Morgan fingerprint density at radius 1 is 1.25 bits per heavy atom. The highest BCUT2D eigenvalue weighted by Gasteiger charge is 2.43. The van der Waals surface area contributed by atoms with Crippen LogP contribution in [-0.2, 0) is 10.3 Å². The van der Waals surface area contributed by atoms with E-state index in [1.54, 1.807) is 31.2 Å². The summed E-state index contributed by atoms with van der Waals surface area (Å²) in [5.74, 6) is -0.612. The zero-order valence-corrected chi connectivity index (χ0v) is 14.3. The van der Waals surface area contributed by atoms with E-state index in [0.717, 1.165) is 10.4 Å². The molecular weight excluding hydrogens is 326 g/mol. The van der Waals surface area contributed by atoms with Gasteiger partial charge in [0.15, 0.2) is 0 Å². The van der Waals surface area contributed by atoms with E-state index >= 15 is 0 Å². The Hall–Kier alpha value is -2.67. The van der Waals surface area contributed by atoms with E-state index in [4.69, 9.17) is 0 Å². The fourth-order valence-corrected chi connectivity index (χ4v) is 3.46. The lowest BCUT2D eigenvalue weighted by Crippen LogP contribution is -2.40. The molecule has 1 aromatic carbocycles. The van der Waals surface area contributed by atoms with Gasteiger partial charge in [0, 0.05) is 15.9 Å². The maximum atomic E-state index is 12.4. The summed E-state index contributed by atoms with van der Waals surface area (Å²) in [4.78, 5) is 37.0. The Morgan fingerprint density at radius 2 is 2.00 bits per heavy atom. The van der Waals surface area contributed by atoms with Crippen molar-refractivity contribution in [2.24, 2.45) is 0 Å². The number of hydrogen-bond acceptors (Lipinski definition) is 4. The van der Waals surface area contributed by atoms with E-state index in [9.17, 15) is 14.4 Å². The number of nitrogens with one attached hydrogen (secondary N) is 3. The van der Waals surface area contributed by atoms with Gasteiger partial charge >= 0.3 is 6.03 Å². The first-order valence-corrected chi connectivity index (χ1v) is 8.29. The minimum absolute atomic E-state index is 0.195. The van der Waals surface area contributed by atoms with E-state index in [0.29, 0.717) is 16.8 Å². The van der Waals surface area contributed by atoms with Crippen LogP contribution in [0.15, 0.2) is 29.6 Å². The second-order valence-corrected chi connectivity index (χ2v) is 6.98.